The number of nitrogens with two attached hydrogens (primary N) is 1. The molecule has 108 valence electrons. The quantitative estimate of drug-likeness (QED) is 0.856. The summed E-state index contributed by atoms with van der Waals surface area (Å²) in [5, 5.41) is 0. The number of carbonyl (C=O) groups excluding carboxylic acids is 1. The summed E-state index contributed by atoms with van der Waals surface area (Å²) < 4.78 is 0. The van der Waals surface area contributed by atoms with Crippen LogP contribution in [0.15, 0.2) is 18.3 Å². The Labute approximate surface area is 120 Å². The molecule has 4 heteroatoms. The van der Waals surface area contributed by atoms with Crippen LogP contribution in [0.25, 0.3) is 0 Å². The maximum atomic E-state index is 12.5. The third-order valence-corrected chi connectivity index (χ3v) is 5.05. The Bertz CT molecular complexity index is 484. The maximum absolute atomic E-state index is 12.5. The molecule has 0 aromatic carbocycles. The number of nitrogens with zero attached hydrogens (tertiary/aromatic N) is 2. The number of hydrogen-bond donors (Lipinski definition) is 1. The van der Waals surface area contributed by atoms with Crippen LogP contribution in [-0.2, 0) is 0 Å². The molecule has 1 saturated carbocycles. The highest BCUT2D eigenvalue weighted by atomic mass is 16.2. The number of pyridine rings is 1. The highest BCUT2D eigenvalue weighted by molar-refractivity contribution is 5.94. The molecule has 1 amide bonds. The van der Waals surface area contributed by atoms with Gasteiger partial charge in [-0.25, -0.2) is 4.98 Å². The fraction of sp³-hybridized carbons (Fsp3) is 0.625. The van der Waals surface area contributed by atoms with E-state index in [-0.39, 0.29) is 5.91 Å². The molecular weight excluding hydrogens is 250 g/mol. The number of piperidine rings is 1. The van der Waals surface area contributed by atoms with Crippen LogP contribution in [0.3, 0.4) is 0 Å². The lowest BCUT2D eigenvalue weighted by Gasteiger charge is -2.44. The molecule has 1 spiro atoms. The Kier molecular flexibility index (Phi) is 3.64. The topological polar surface area (TPSA) is 59.2 Å². The minimum atomic E-state index is 0.102. The minimum Gasteiger partial charge on any atom is -0.384 e. The third kappa shape index (κ3) is 2.65. The van der Waals surface area contributed by atoms with E-state index in [0.29, 0.717) is 16.8 Å². The van der Waals surface area contributed by atoms with Crippen molar-refractivity contribution in [3.05, 3.63) is 23.9 Å². The number of rotatable bonds is 1. The predicted octanol–water partition coefficient (Wildman–Crippen LogP) is 2.85. The van der Waals surface area contributed by atoms with Crippen molar-refractivity contribution < 1.29 is 4.79 Å². The average Bonchev–Trinajstić information content (AvgIpc) is 2.48. The van der Waals surface area contributed by atoms with Crippen LogP contribution in [0.5, 0.6) is 0 Å². The minimum absolute atomic E-state index is 0.102. The smallest absolute Gasteiger partial charge is 0.254 e. The lowest BCUT2D eigenvalue weighted by Crippen LogP contribution is -2.43. The van der Waals surface area contributed by atoms with Crippen molar-refractivity contribution in [3.63, 3.8) is 0 Å². The van der Waals surface area contributed by atoms with Crippen LogP contribution < -0.4 is 5.73 Å². The second-order valence-corrected chi connectivity index (χ2v) is 6.32. The summed E-state index contributed by atoms with van der Waals surface area (Å²) in [6, 6.07) is 3.43. The Morgan fingerprint density at radius 2 is 1.85 bits per heavy atom. The zero-order valence-electron chi connectivity index (χ0n) is 12.0. The molecule has 1 aromatic heterocycles. The molecule has 1 saturated heterocycles. The molecule has 1 aliphatic heterocycles. The van der Waals surface area contributed by atoms with E-state index in [1.807, 2.05) is 4.90 Å². The first-order chi connectivity index (χ1) is 9.69. The fourth-order valence-electron chi connectivity index (χ4n) is 3.75. The number of carbonyl (C=O) groups is 1. The largest absolute Gasteiger partial charge is 0.384 e. The van der Waals surface area contributed by atoms with Crippen molar-refractivity contribution >= 4 is 11.7 Å². The first kappa shape index (κ1) is 13.4. The van der Waals surface area contributed by atoms with E-state index in [0.717, 1.165) is 13.1 Å². The summed E-state index contributed by atoms with van der Waals surface area (Å²) in [6.45, 7) is 1.78. The van der Waals surface area contributed by atoms with E-state index in [4.69, 9.17) is 5.73 Å². The van der Waals surface area contributed by atoms with E-state index in [1.165, 1.54) is 44.9 Å². The van der Waals surface area contributed by atoms with Crippen LogP contribution in [0.2, 0.25) is 0 Å². The number of nitrogen functional groups attached to an aromatic ring is 1. The van der Waals surface area contributed by atoms with Crippen molar-refractivity contribution in [1.29, 1.82) is 0 Å². The van der Waals surface area contributed by atoms with Crippen LogP contribution >= 0.6 is 0 Å². The van der Waals surface area contributed by atoms with Gasteiger partial charge in [0, 0.05) is 24.8 Å². The van der Waals surface area contributed by atoms with Gasteiger partial charge in [0.15, 0.2) is 0 Å². The molecule has 0 radical (unpaired) electrons. The number of hydrogen-bond acceptors (Lipinski definition) is 3. The van der Waals surface area contributed by atoms with Gasteiger partial charge in [0.1, 0.15) is 5.82 Å². The first-order valence-corrected chi connectivity index (χ1v) is 7.69. The van der Waals surface area contributed by atoms with Crippen molar-refractivity contribution in [2.75, 3.05) is 18.8 Å². The summed E-state index contributed by atoms with van der Waals surface area (Å²) >= 11 is 0. The number of likely N-dealkylation sites (tertiary alicyclic amines) is 1. The zero-order chi connectivity index (χ0) is 14.0. The number of anilines is 1. The Morgan fingerprint density at radius 3 is 2.50 bits per heavy atom. The Hall–Kier alpha value is -1.58. The molecule has 0 unspecified atom stereocenters. The molecule has 4 nitrogen and oxygen atoms in total. The van der Waals surface area contributed by atoms with Gasteiger partial charge in [-0.1, -0.05) is 19.3 Å². The van der Waals surface area contributed by atoms with Gasteiger partial charge < -0.3 is 10.6 Å². The van der Waals surface area contributed by atoms with E-state index in [1.54, 1.807) is 18.3 Å². The molecule has 20 heavy (non-hydrogen) atoms. The Balaban J connectivity index is 1.64. The van der Waals surface area contributed by atoms with E-state index in [2.05, 4.69) is 4.98 Å². The first-order valence-electron chi connectivity index (χ1n) is 7.69. The molecule has 2 N–H and O–H groups in total. The van der Waals surface area contributed by atoms with Crippen molar-refractivity contribution in [3.8, 4) is 0 Å². The van der Waals surface area contributed by atoms with Gasteiger partial charge in [0.05, 0.1) is 0 Å². The van der Waals surface area contributed by atoms with Gasteiger partial charge in [0.2, 0.25) is 0 Å². The average molecular weight is 273 g/mol. The van der Waals surface area contributed by atoms with Crippen molar-refractivity contribution in [2.45, 2.75) is 44.9 Å². The molecule has 1 aromatic rings. The van der Waals surface area contributed by atoms with Gasteiger partial charge in [-0.2, -0.15) is 0 Å². The summed E-state index contributed by atoms with van der Waals surface area (Å²) in [4.78, 5) is 18.4. The summed E-state index contributed by atoms with van der Waals surface area (Å²) in [5.74, 6) is 0.515. The third-order valence-electron chi connectivity index (χ3n) is 5.05. The van der Waals surface area contributed by atoms with Crippen LogP contribution in [0.1, 0.15) is 55.3 Å². The molecule has 2 heterocycles. The fourth-order valence-corrected chi connectivity index (χ4v) is 3.75. The van der Waals surface area contributed by atoms with E-state index < -0.39 is 0 Å². The molecule has 0 atom stereocenters. The van der Waals surface area contributed by atoms with E-state index in [9.17, 15) is 4.79 Å². The van der Waals surface area contributed by atoms with Crippen molar-refractivity contribution in [1.82, 2.24) is 9.88 Å². The van der Waals surface area contributed by atoms with Crippen LogP contribution in [-0.4, -0.2) is 28.9 Å². The summed E-state index contributed by atoms with van der Waals surface area (Å²) in [5.41, 5.74) is 6.85. The van der Waals surface area contributed by atoms with Crippen LogP contribution in [0, 0.1) is 5.41 Å². The van der Waals surface area contributed by atoms with Gasteiger partial charge >= 0.3 is 0 Å². The highest BCUT2D eigenvalue weighted by Crippen LogP contribution is 2.44. The lowest BCUT2D eigenvalue weighted by atomic mass is 9.68. The Morgan fingerprint density at radius 1 is 1.15 bits per heavy atom. The van der Waals surface area contributed by atoms with Gasteiger partial charge in [-0.05, 0) is 43.2 Å². The standard InChI is InChI=1S/C16H23N3O/c17-14-12-13(4-9-18-14)15(20)19-10-7-16(8-11-19)5-2-1-3-6-16/h4,9,12H,1-3,5-8,10-11H2,(H2,17,18). The second kappa shape index (κ2) is 5.43. The predicted molar refractivity (Wildman–Crippen MR) is 79.3 cm³/mol. The SMILES string of the molecule is Nc1cc(C(=O)N2CCC3(CCCCC3)CC2)ccn1. The molecule has 0 bridgehead atoms. The summed E-state index contributed by atoms with van der Waals surface area (Å²) in [6.07, 6.45) is 10.8. The maximum Gasteiger partial charge on any atom is 0.254 e. The zero-order valence-corrected chi connectivity index (χ0v) is 12.0. The molecule has 3 rings (SSSR count). The van der Waals surface area contributed by atoms with Crippen molar-refractivity contribution in [2.24, 2.45) is 5.41 Å². The monoisotopic (exact) mass is 273 g/mol. The summed E-state index contributed by atoms with van der Waals surface area (Å²) in [7, 11) is 0. The second-order valence-electron chi connectivity index (χ2n) is 6.32. The van der Waals surface area contributed by atoms with Gasteiger partial charge in [-0.3, -0.25) is 4.79 Å². The molecule has 2 fully saturated rings. The number of aromatic nitrogens is 1. The molecule has 1 aliphatic carbocycles. The van der Waals surface area contributed by atoms with Gasteiger partial charge in [0.25, 0.3) is 5.91 Å². The van der Waals surface area contributed by atoms with Crippen LogP contribution in [0.4, 0.5) is 5.82 Å². The lowest BCUT2D eigenvalue weighted by molar-refractivity contribution is 0.0472. The molecular formula is C16H23N3O. The molecule has 2 aliphatic rings. The number of amides is 1. The van der Waals surface area contributed by atoms with Gasteiger partial charge in [-0.15, -0.1) is 0 Å². The highest BCUT2D eigenvalue weighted by Gasteiger charge is 2.36. The normalized spacial score (nSPS) is 21.9. The van der Waals surface area contributed by atoms with E-state index >= 15 is 0 Å².